The van der Waals surface area contributed by atoms with Gasteiger partial charge in [0.05, 0.1) is 0 Å². The molecule has 0 unspecified atom stereocenters. The van der Waals surface area contributed by atoms with E-state index in [2.05, 4.69) is 15.5 Å². The number of aromatic nitrogens is 4. The minimum atomic E-state index is 0.317. The maximum atomic E-state index is 11.8. The van der Waals surface area contributed by atoms with Gasteiger partial charge in [-0.2, -0.15) is 0 Å². The largest absolute Gasteiger partial charge is 0.343 e. The van der Waals surface area contributed by atoms with Gasteiger partial charge in [0.2, 0.25) is 11.1 Å². The Labute approximate surface area is 111 Å². The van der Waals surface area contributed by atoms with Crippen LogP contribution in [0.1, 0.15) is 32.1 Å². The highest BCUT2D eigenvalue weighted by atomic mass is 32.2. The van der Waals surface area contributed by atoms with Gasteiger partial charge in [-0.05, 0) is 36.1 Å². The number of amides is 1. The normalized spacial score (nSPS) is 15.3. The first-order valence-corrected chi connectivity index (χ1v) is 7.39. The van der Waals surface area contributed by atoms with Crippen molar-refractivity contribution in [2.24, 2.45) is 7.05 Å². The Hall–Kier alpha value is -1.11. The van der Waals surface area contributed by atoms with Crippen LogP contribution in [0.4, 0.5) is 0 Å². The molecule has 1 saturated heterocycles. The van der Waals surface area contributed by atoms with E-state index in [1.807, 2.05) is 11.9 Å². The molecule has 100 valence electrons. The minimum Gasteiger partial charge on any atom is -0.343 e. The van der Waals surface area contributed by atoms with Crippen molar-refractivity contribution in [2.75, 3.05) is 18.8 Å². The van der Waals surface area contributed by atoms with Gasteiger partial charge in [-0.25, -0.2) is 4.68 Å². The smallest absolute Gasteiger partial charge is 0.222 e. The fraction of sp³-hybridized carbons (Fsp3) is 0.818. The maximum Gasteiger partial charge on any atom is 0.222 e. The van der Waals surface area contributed by atoms with E-state index in [0.717, 1.165) is 36.8 Å². The molecule has 1 amide bonds. The van der Waals surface area contributed by atoms with Gasteiger partial charge in [-0.15, -0.1) is 5.10 Å². The number of hydrogen-bond donors (Lipinski definition) is 0. The highest BCUT2D eigenvalue weighted by Gasteiger charge is 2.16. The van der Waals surface area contributed by atoms with Gasteiger partial charge in [0.15, 0.2) is 0 Å². The molecule has 6 nitrogen and oxygen atoms in total. The predicted octanol–water partition coefficient (Wildman–Crippen LogP) is 1.09. The van der Waals surface area contributed by atoms with E-state index >= 15 is 0 Å². The van der Waals surface area contributed by atoms with E-state index in [9.17, 15) is 4.79 Å². The SMILES string of the molecule is Cn1nnnc1SCCCCC(=O)N1CCCC1. The molecule has 2 heterocycles. The Kier molecular flexibility index (Phi) is 4.98. The average molecular weight is 269 g/mol. The molecular weight excluding hydrogens is 250 g/mol. The fourth-order valence-corrected chi connectivity index (χ4v) is 2.86. The Bertz CT molecular complexity index is 389. The first kappa shape index (κ1) is 13.3. The molecule has 0 N–H and O–H groups in total. The molecule has 0 radical (unpaired) electrons. The Balaban J connectivity index is 1.56. The summed E-state index contributed by atoms with van der Waals surface area (Å²) in [5, 5.41) is 12.1. The second kappa shape index (κ2) is 6.72. The molecule has 1 aliphatic heterocycles. The highest BCUT2D eigenvalue weighted by Crippen LogP contribution is 2.16. The van der Waals surface area contributed by atoms with Crippen LogP contribution >= 0.6 is 11.8 Å². The lowest BCUT2D eigenvalue weighted by atomic mass is 10.2. The molecule has 7 heteroatoms. The van der Waals surface area contributed by atoms with E-state index in [0.29, 0.717) is 12.3 Å². The number of thioether (sulfide) groups is 1. The van der Waals surface area contributed by atoms with Crippen molar-refractivity contribution in [3.05, 3.63) is 0 Å². The number of nitrogens with zero attached hydrogens (tertiary/aromatic N) is 5. The molecule has 0 spiro atoms. The van der Waals surface area contributed by atoms with E-state index in [4.69, 9.17) is 0 Å². The van der Waals surface area contributed by atoms with Crippen LogP contribution in [0.3, 0.4) is 0 Å². The summed E-state index contributed by atoms with van der Waals surface area (Å²) in [5.41, 5.74) is 0. The molecule has 2 rings (SSSR count). The van der Waals surface area contributed by atoms with Gasteiger partial charge in [-0.3, -0.25) is 4.79 Å². The van der Waals surface area contributed by atoms with Gasteiger partial charge >= 0.3 is 0 Å². The van der Waals surface area contributed by atoms with Crippen molar-refractivity contribution in [1.82, 2.24) is 25.1 Å². The number of hydrogen-bond acceptors (Lipinski definition) is 5. The lowest BCUT2D eigenvalue weighted by Gasteiger charge is -2.14. The van der Waals surface area contributed by atoms with Crippen LogP contribution < -0.4 is 0 Å². The number of aryl methyl sites for hydroxylation is 1. The molecule has 1 aromatic rings. The summed E-state index contributed by atoms with van der Waals surface area (Å²) in [6, 6.07) is 0. The van der Waals surface area contributed by atoms with E-state index < -0.39 is 0 Å². The number of unbranched alkanes of at least 4 members (excludes halogenated alkanes) is 1. The van der Waals surface area contributed by atoms with Gasteiger partial charge in [0.1, 0.15) is 0 Å². The summed E-state index contributed by atoms with van der Waals surface area (Å²) in [6.45, 7) is 1.91. The number of tetrazole rings is 1. The fourth-order valence-electron chi connectivity index (χ4n) is 2.01. The molecule has 18 heavy (non-hydrogen) atoms. The van der Waals surface area contributed by atoms with Crippen molar-refractivity contribution >= 4 is 17.7 Å². The number of carbonyl (C=O) groups is 1. The zero-order chi connectivity index (χ0) is 12.8. The van der Waals surface area contributed by atoms with Crippen LogP contribution in [0.25, 0.3) is 0 Å². The van der Waals surface area contributed by atoms with Crippen molar-refractivity contribution in [3.8, 4) is 0 Å². The zero-order valence-electron chi connectivity index (χ0n) is 10.7. The lowest BCUT2D eigenvalue weighted by molar-refractivity contribution is -0.130. The van der Waals surface area contributed by atoms with Gasteiger partial charge < -0.3 is 4.90 Å². The summed E-state index contributed by atoms with van der Waals surface area (Å²) in [7, 11) is 1.83. The summed E-state index contributed by atoms with van der Waals surface area (Å²) < 4.78 is 1.67. The number of carbonyl (C=O) groups excluding carboxylic acids is 1. The third-order valence-electron chi connectivity index (χ3n) is 3.06. The third kappa shape index (κ3) is 3.69. The van der Waals surface area contributed by atoms with Crippen LogP contribution in [0.2, 0.25) is 0 Å². The first-order chi connectivity index (χ1) is 8.77. The van der Waals surface area contributed by atoms with E-state index in [1.165, 1.54) is 12.8 Å². The van der Waals surface area contributed by atoms with Crippen LogP contribution in [0.15, 0.2) is 5.16 Å². The van der Waals surface area contributed by atoms with Gasteiger partial charge in [0, 0.05) is 32.3 Å². The Morgan fingerprint density at radius 1 is 1.33 bits per heavy atom. The molecule has 1 aliphatic rings. The second-order valence-electron chi connectivity index (χ2n) is 4.48. The Morgan fingerprint density at radius 3 is 2.78 bits per heavy atom. The molecule has 0 aromatic carbocycles. The molecule has 0 aliphatic carbocycles. The van der Waals surface area contributed by atoms with Crippen LogP contribution in [0, 0.1) is 0 Å². The van der Waals surface area contributed by atoms with E-state index in [-0.39, 0.29) is 0 Å². The number of likely N-dealkylation sites (tertiary alicyclic amines) is 1. The van der Waals surface area contributed by atoms with Crippen molar-refractivity contribution in [2.45, 2.75) is 37.3 Å². The molecule has 1 fully saturated rings. The van der Waals surface area contributed by atoms with Crippen molar-refractivity contribution in [3.63, 3.8) is 0 Å². The average Bonchev–Trinajstić information content (AvgIpc) is 3.00. The first-order valence-electron chi connectivity index (χ1n) is 6.40. The summed E-state index contributed by atoms with van der Waals surface area (Å²) in [5.74, 6) is 1.28. The Morgan fingerprint density at radius 2 is 2.11 bits per heavy atom. The highest BCUT2D eigenvalue weighted by molar-refractivity contribution is 7.99. The third-order valence-corrected chi connectivity index (χ3v) is 4.15. The maximum absolute atomic E-state index is 11.8. The van der Waals surface area contributed by atoms with Crippen molar-refractivity contribution < 1.29 is 4.79 Å². The second-order valence-corrected chi connectivity index (χ2v) is 5.54. The molecular formula is C11H19N5OS. The minimum absolute atomic E-state index is 0.317. The molecule has 0 saturated carbocycles. The van der Waals surface area contributed by atoms with Crippen LogP contribution in [-0.2, 0) is 11.8 Å². The standard InChI is InChI=1S/C11H19N5OS/c1-15-11(12-13-14-15)18-9-5-2-6-10(17)16-7-3-4-8-16/h2-9H2,1H3. The molecule has 0 atom stereocenters. The van der Waals surface area contributed by atoms with Crippen LogP contribution in [0.5, 0.6) is 0 Å². The quantitative estimate of drug-likeness (QED) is 0.571. The predicted molar refractivity (Wildman–Crippen MR) is 69.2 cm³/mol. The van der Waals surface area contributed by atoms with Crippen LogP contribution in [-0.4, -0.2) is 49.9 Å². The van der Waals surface area contributed by atoms with Gasteiger partial charge in [0.25, 0.3) is 0 Å². The van der Waals surface area contributed by atoms with Crippen molar-refractivity contribution in [1.29, 1.82) is 0 Å². The zero-order valence-corrected chi connectivity index (χ0v) is 11.5. The lowest BCUT2D eigenvalue weighted by Crippen LogP contribution is -2.27. The summed E-state index contributed by atoms with van der Waals surface area (Å²) >= 11 is 1.64. The number of rotatable bonds is 6. The topological polar surface area (TPSA) is 63.9 Å². The molecule has 0 bridgehead atoms. The monoisotopic (exact) mass is 269 g/mol. The molecule has 1 aromatic heterocycles. The van der Waals surface area contributed by atoms with Gasteiger partial charge in [-0.1, -0.05) is 11.8 Å². The summed E-state index contributed by atoms with van der Waals surface area (Å²) in [6.07, 6.45) is 4.99. The summed E-state index contributed by atoms with van der Waals surface area (Å²) in [4.78, 5) is 13.8. The van der Waals surface area contributed by atoms with E-state index in [1.54, 1.807) is 16.4 Å².